The van der Waals surface area contributed by atoms with E-state index in [1.807, 2.05) is 0 Å². The number of sulfonamides is 1. The van der Waals surface area contributed by atoms with Crippen LogP contribution in [0.1, 0.15) is 18.6 Å². The van der Waals surface area contributed by atoms with Crippen LogP contribution >= 0.6 is 0 Å². The fourth-order valence-corrected chi connectivity index (χ4v) is 3.36. The van der Waals surface area contributed by atoms with Gasteiger partial charge in [0.25, 0.3) is 10.0 Å². The normalized spacial score (nSPS) is 23.5. The van der Waals surface area contributed by atoms with E-state index in [2.05, 4.69) is 0 Å². The van der Waals surface area contributed by atoms with Crippen molar-refractivity contribution in [2.24, 2.45) is 5.73 Å². The Morgan fingerprint density at radius 1 is 1.50 bits per heavy atom. The van der Waals surface area contributed by atoms with Gasteiger partial charge >= 0.3 is 0 Å². The van der Waals surface area contributed by atoms with Crippen LogP contribution in [0.5, 0.6) is 0 Å². The predicted molar refractivity (Wildman–Crippen MR) is 59.4 cm³/mol. The van der Waals surface area contributed by atoms with Crippen molar-refractivity contribution >= 4 is 10.0 Å². The molecule has 1 aliphatic heterocycles. The maximum atomic E-state index is 12.1. The summed E-state index contributed by atoms with van der Waals surface area (Å²) in [6, 6.07) is 3.07. The summed E-state index contributed by atoms with van der Waals surface area (Å²) in [6.45, 7) is 2.62. The van der Waals surface area contributed by atoms with Crippen molar-refractivity contribution in [2.75, 3.05) is 13.1 Å². The predicted octanol–water partition coefficient (Wildman–Crippen LogP) is 0.700. The second-order valence-electron chi connectivity index (χ2n) is 4.13. The van der Waals surface area contributed by atoms with Gasteiger partial charge in [0.05, 0.1) is 0 Å². The largest absolute Gasteiger partial charge is 0.449 e. The lowest BCUT2D eigenvalue weighted by Crippen LogP contribution is -2.45. The van der Waals surface area contributed by atoms with E-state index in [9.17, 15) is 8.42 Å². The zero-order chi connectivity index (χ0) is 11.8. The van der Waals surface area contributed by atoms with Crippen LogP contribution in [-0.4, -0.2) is 31.9 Å². The molecule has 0 radical (unpaired) electrons. The molecule has 0 aliphatic carbocycles. The van der Waals surface area contributed by atoms with Gasteiger partial charge in [-0.15, -0.1) is 0 Å². The minimum absolute atomic E-state index is 0.0131. The average molecular weight is 244 g/mol. The van der Waals surface area contributed by atoms with Crippen LogP contribution in [0.2, 0.25) is 0 Å². The number of hydrogen-bond donors (Lipinski definition) is 1. The molecule has 0 aromatic carbocycles. The fourth-order valence-electron chi connectivity index (χ4n) is 1.87. The summed E-state index contributed by atoms with van der Waals surface area (Å²) in [5.74, 6) is 0.597. The van der Waals surface area contributed by atoms with Crippen molar-refractivity contribution in [3.63, 3.8) is 0 Å². The molecule has 1 aromatic heterocycles. The van der Waals surface area contributed by atoms with Crippen LogP contribution in [0, 0.1) is 6.92 Å². The molecular weight excluding hydrogens is 228 g/mol. The van der Waals surface area contributed by atoms with Crippen molar-refractivity contribution in [3.8, 4) is 0 Å². The summed E-state index contributed by atoms with van der Waals surface area (Å²) in [4.78, 5) is 0. The van der Waals surface area contributed by atoms with Gasteiger partial charge in [0, 0.05) is 19.1 Å². The second-order valence-corrected chi connectivity index (χ2v) is 6.00. The molecule has 0 saturated carbocycles. The molecule has 0 bridgehead atoms. The van der Waals surface area contributed by atoms with E-state index >= 15 is 0 Å². The topological polar surface area (TPSA) is 76.5 Å². The molecule has 90 valence electrons. The first-order chi connectivity index (χ1) is 7.50. The Balaban J connectivity index is 2.25. The molecule has 2 N–H and O–H groups in total. The van der Waals surface area contributed by atoms with E-state index in [0.717, 1.165) is 12.8 Å². The number of piperidine rings is 1. The van der Waals surface area contributed by atoms with Crippen LogP contribution in [0.25, 0.3) is 0 Å². The van der Waals surface area contributed by atoms with Crippen LogP contribution < -0.4 is 5.73 Å². The van der Waals surface area contributed by atoms with Crippen molar-refractivity contribution in [1.29, 1.82) is 0 Å². The van der Waals surface area contributed by atoms with Gasteiger partial charge in [-0.05, 0) is 31.9 Å². The van der Waals surface area contributed by atoms with Gasteiger partial charge < -0.3 is 10.2 Å². The Kier molecular flexibility index (Phi) is 3.05. The van der Waals surface area contributed by atoms with E-state index in [1.54, 1.807) is 13.0 Å². The number of furan rings is 1. The molecular formula is C10H16N2O3S. The molecule has 16 heavy (non-hydrogen) atoms. The Labute approximate surface area is 95.3 Å². The summed E-state index contributed by atoms with van der Waals surface area (Å²) in [5.41, 5.74) is 5.77. The molecule has 1 unspecified atom stereocenters. The van der Waals surface area contributed by atoms with Crippen LogP contribution in [0.4, 0.5) is 0 Å². The Bertz CT molecular complexity index is 466. The van der Waals surface area contributed by atoms with Crippen molar-refractivity contribution in [1.82, 2.24) is 4.31 Å². The minimum atomic E-state index is -3.49. The van der Waals surface area contributed by atoms with Gasteiger partial charge in [-0.3, -0.25) is 0 Å². The van der Waals surface area contributed by atoms with Gasteiger partial charge in [-0.25, -0.2) is 8.42 Å². The highest BCUT2D eigenvalue weighted by Crippen LogP contribution is 2.21. The molecule has 6 heteroatoms. The summed E-state index contributed by atoms with van der Waals surface area (Å²) in [7, 11) is -3.49. The van der Waals surface area contributed by atoms with Gasteiger partial charge in [0.15, 0.2) is 0 Å². The molecule has 1 atom stereocenters. The summed E-state index contributed by atoms with van der Waals surface area (Å²) in [6.07, 6.45) is 1.68. The van der Waals surface area contributed by atoms with E-state index in [4.69, 9.17) is 10.2 Å². The quantitative estimate of drug-likeness (QED) is 0.830. The molecule has 1 aromatic rings. The summed E-state index contributed by atoms with van der Waals surface area (Å²) in [5, 5.41) is 0.0131. The molecule has 1 saturated heterocycles. The molecule has 5 nitrogen and oxygen atoms in total. The maximum Gasteiger partial charge on any atom is 0.276 e. The highest BCUT2D eigenvalue weighted by atomic mass is 32.2. The number of hydrogen-bond acceptors (Lipinski definition) is 4. The van der Waals surface area contributed by atoms with E-state index in [0.29, 0.717) is 18.8 Å². The lowest BCUT2D eigenvalue weighted by Gasteiger charge is -2.28. The maximum absolute atomic E-state index is 12.1. The SMILES string of the molecule is Cc1ccc(S(=O)(=O)N2CCCC(N)C2)o1. The molecule has 2 heterocycles. The zero-order valence-corrected chi connectivity index (χ0v) is 10.0. The zero-order valence-electron chi connectivity index (χ0n) is 9.22. The number of aryl methyl sites for hydroxylation is 1. The highest BCUT2D eigenvalue weighted by molar-refractivity contribution is 7.89. The lowest BCUT2D eigenvalue weighted by atomic mass is 10.1. The van der Waals surface area contributed by atoms with E-state index in [1.165, 1.54) is 10.4 Å². The summed E-state index contributed by atoms with van der Waals surface area (Å²) >= 11 is 0. The highest BCUT2D eigenvalue weighted by Gasteiger charge is 2.30. The molecule has 1 aliphatic rings. The first kappa shape index (κ1) is 11.6. The third kappa shape index (κ3) is 2.14. The van der Waals surface area contributed by atoms with Crippen LogP contribution in [0.3, 0.4) is 0 Å². The third-order valence-corrected chi connectivity index (χ3v) is 4.47. The number of rotatable bonds is 2. The lowest BCUT2D eigenvalue weighted by molar-refractivity contribution is 0.305. The standard InChI is InChI=1S/C10H16N2O3S/c1-8-4-5-10(15-8)16(13,14)12-6-2-3-9(11)7-12/h4-5,9H,2-3,6-7,11H2,1H3. The fraction of sp³-hybridized carbons (Fsp3) is 0.600. The second kappa shape index (κ2) is 4.20. The number of nitrogens with two attached hydrogens (primary N) is 1. The third-order valence-electron chi connectivity index (χ3n) is 2.73. The first-order valence-corrected chi connectivity index (χ1v) is 6.76. The van der Waals surface area contributed by atoms with Gasteiger partial charge in [-0.1, -0.05) is 0 Å². The average Bonchev–Trinajstić information content (AvgIpc) is 2.65. The minimum Gasteiger partial charge on any atom is -0.449 e. The van der Waals surface area contributed by atoms with Gasteiger partial charge in [0.1, 0.15) is 5.76 Å². The van der Waals surface area contributed by atoms with Gasteiger partial charge in [0.2, 0.25) is 5.09 Å². The molecule has 1 fully saturated rings. The molecule has 0 amide bonds. The van der Waals surface area contributed by atoms with E-state index in [-0.39, 0.29) is 11.1 Å². The monoisotopic (exact) mass is 244 g/mol. The summed E-state index contributed by atoms with van der Waals surface area (Å²) < 4.78 is 30.8. The van der Waals surface area contributed by atoms with Crippen molar-refractivity contribution in [2.45, 2.75) is 30.9 Å². The Hall–Kier alpha value is -0.850. The van der Waals surface area contributed by atoms with E-state index < -0.39 is 10.0 Å². The van der Waals surface area contributed by atoms with Gasteiger partial charge in [-0.2, -0.15) is 4.31 Å². The van der Waals surface area contributed by atoms with Crippen LogP contribution in [-0.2, 0) is 10.0 Å². The van der Waals surface area contributed by atoms with Crippen LogP contribution in [0.15, 0.2) is 21.6 Å². The number of nitrogens with zero attached hydrogens (tertiary/aromatic N) is 1. The smallest absolute Gasteiger partial charge is 0.276 e. The first-order valence-electron chi connectivity index (χ1n) is 5.32. The Morgan fingerprint density at radius 2 is 2.25 bits per heavy atom. The van der Waals surface area contributed by atoms with Crippen molar-refractivity contribution < 1.29 is 12.8 Å². The van der Waals surface area contributed by atoms with Crippen molar-refractivity contribution in [3.05, 3.63) is 17.9 Å². The molecule has 2 rings (SSSR count). The Morgan fingerprint density at radius 3 is 2.81 bits per heavy atom. The molecule has 0 spiro atoms.